The lowest BCUT2D eigenvalue weighted by atomic mass is 10.1. The fourth-order valence-corrected chi connectivity index (χ4v) is 2.79. The van der Waals surface area contributed by atoms with Crippen molar-refractivity contribution in [3.8, 4) is 0 Å². The van der Waals surface area contributed by atoms with Crippen LogP contribution in [0.4, 0.5) is 17.3 Å². The lowest BCUT2D eigenvalue weighted by molar-refractivity contribution is -0.383. The maximum atomic E-state index is 11.6. The normalized spacial score (nSPS) is 11.6. The molecule has 1 atom stereocenters. The van der Waals surface area contributed by atoms with Crippen molar-refractivity contribution in [3.63, 3.8) is 0 Å². The van der Waals surface area contributed by atoms with Crippen molar-refractivity contribution >= 4 is 17.3 Å². The van der Waals surface area contributed by atoms with Crippen molar-refractivity contribution in [1.29, 1.82) is 0 Å². The minimum atomic E-state index is -0.453. The minimum Gasteiger partial charge on any atom is -0.364 e. The quantitative estimate of drug-likeness (QED) is 0.460. The summed E-state index contributed by atoms with van der Waals surface area (Å²) in [7, 11) is 0. The van der Waals surface area contributed by atoms with Crippen molar-refractivity contribution in [2.75, 3.05) is 17.2 Å². The summed E-state index contributed by atoms with van der Waals surface area (Å²) in [6.45, 7) is 2.47. The summed E-state index contributed by atoms with van der Waals surface area (Å²) in [6.07, 6.45) is 2.07. The Morgan fingerprint density at radius 1 is 1.00 bits per heavy atom. The van der Waals surface area contributed by atoms with E-state index in [1.54, 1.807) is 0 Å². The van der Waals surface area contributed by atoms with Gasteiger partial charge < -0.3 is 10.6 Å². The Bertz CT molecular complexity index is 887. The van der Waals surface area contributed by atoms with Gasteiger partial charge in [-0.05, 0) is 24.5 Å². The second-order valence-corrected chi connectivity index (χ2v) is 6.12. The van der Waals surface area contributed by atoms with Crippen LogP contribution in [-0.4, -0.2) is 21.4 Å². The monoisotopic (exact) mass is 363 g/mol. The van der Waals surface area contributed by atoms with Crippen LogP contribution in [0.1, 0.15) is 24.1 Å². The molecule has 0 aliphatic rings. The van der Waals surface area contributed by atoms with Gasteiger partial charge in [-0.25, -0.2) is 9.97 Å². The van der Waals surface area contributed by atoms with Gasteiger partial charge in [-0.3, -0.25) is 10.1 Å². The van der Waals surface area contributed by atoms with E-state index >= 15 is 0 Å². The summed E-state index contributed by atoms with van der Waals surface area (Å²) in [5.41, 5.74) is 2.02. The van der Waals surface area contributed by atoms with E-state index in [2.05, 4.69) is 20.6 Å². The van der Waals surface area contributed by atoms with Crippen molar-refractivity contribution < 1.29 is 4.92 Å². The summed E-state index contributed by atoms with van der Waals surface area (Å²) in [6, 6.07) is 19.5. The van der Waals surface area contributed by atoms with Crippen LogP contribution in [0.3, 0.4) is 0 Å². The highest BCUT2D eigenvalue weighted by Gasteiger charge is 2.24. The topological polar surface area (TPSA) is 93.0 Å². The number of anilines is 2. The van der Waals surface area contributed by atoms with Crippen LogP contribution >= 0.6 is 0 Å². The van der Waals surface area contributed by atoms with Gasteiger partial charge in [0, 0.05) is 6.54 Å². The number of nitrogens with zero attached hydrogens (tertiary/aromatic N) is 3. The fourth-order valence-electron chi connectivity index (χ4n) is 2.79. The van der Waals surface area contributed by atoms with Gasteiger partial charge in [0.2, 0.25) is 11.6 Å². The molecule has 0 fully saturated rings. The van der Waals surface area contributed by atoms with E-state index in [9.17, 15) is 10.1 Å². The van der Waals surface area contributed by atoms with Gasteiger partial charge in [0.25, 0.3) is 0 Å². The van der Waals surface area contributed by atoms with E-state index in [0.717, 1.165) is 17.5 Å². The summed E-state index contributed by atoms with van der Waals surface area (Å²) in [5.74, 6) is 0.419. The molecule has 3 rings (SSSR count). The van der Waals surface area contributed by atoms with E-state index in [-0.39, 0.29) is 23.4 Å². The van der Waals surface area contributed by atoms with Gasteiger partial charge in [0.15, 0.2) is 0 Å². The third-order valence-electron chi connectivity index (χ3n) is 4.21. The molecule has 27 heavy (non-hydrogen) atoms. The number of nitrogens with one attached hydrogen (secondary N) is 2. The van der Waals surface area contributed by atoms with Crippen LogP contribution in [0.5, 0.6) is 0 Å². The van der Waals surface area contributed by atoms with E-state index in [1.165, 1.54) is 6.33 Å². The van der Waals surface area contributed by atoms with Crippen LogP contribution in [0.15, 0.2) is 67.0 Å². The molecule has 0 saturated carbocycles. The number of hydrogen-bond donors (Lipinski definition) is 2. The zero-order valence-corrected chi connectivity index (χ0v) is 15.0. The molecule has 3 aromatic rings. The van der Waals surface area contributed by atoms with Gasteiger partial charge in [0.05, 0.1) is 11.0 Å². The third-order valence-corrected chi connectivity index (χ3v) is 4.21. The number of benzene rings is 2. The highest BCUT2D eigenvalue weighted by molar-refractivity contribution is 5.69. The van der Waals surface area contributed by atoms with Gasteiger partial charge >= 0.3 is 5.69 Å². The first kappa shape index (κ1) is 18.3. The smallest absolute Gasteiger partial charge is 0.353 e. The predicted molar refractivity (Wildman–Crippen MR) is 106 cm³/mol. The largest absolute Gasteiger partial charge is 0.364 e. The molecule has 7 heteroatoms. The third kappa shape index (κ3) is 4.78. The Labute approximate surface area is 157 Å². The van der Waals surface area contributed by atoms with Gasteiger partial charge in [-0.15, -0.1) is 0 Å². The Balaban J connectivity index is 1.75. The number of aromatic nitrogens is 2. The van der Waals surface area contributed by atoms with Crippen molar-refractivity contribution in [2.24, 2.45) is 0 Å². The van der Waals surface area contributed by atoms with E-state index in [4.69, 9.17) is 0 Å². The van der Waals surface area contributed by atoms with E-state index in [0.29, 0.717) is 6.54 Å². The maximum Gasteiger partial charge on any atom is 0.353 e. The molecule has 1 unspecified atom stereocenters. The minimum absolute atomic E-state index is 0.128. The molecule has 0 aliphatic carbocycles. The Morgan fingerprint density at radius 3 is 2.30 bits per heavy atom. The molecule has 138 valence electrons. The molecule has 1 aromatic heterocycles. The summed E-state index contributed by atoms with van der Waals surface area (Å²) in [4.78, 5) is 19.3. The molecule has 0 radical (unpaired) electrons. The van der Waals surface area contributed by atoms with E-state index in [1.807, 2.05) is 67.6 Å². The molecule has 7 nitrogen and oxygen atoms in total. The zero-order valence-electron chi connectivity index (χ0n) is 15.0. The highest BCUT2D eigenvalue weighted by Crippen LogP contribution is 2.31. The molecule has 0 bridgehead atoms. The highest BCUT2D eigenvalue weighted by atomic mass is 16.6. The Kier molecular flexibility index (Phi) is 5.94. The molecule has 0 spiro atoms. The molecule has 0 amide bonds. The fraction of sp³-hybridized carbons (Fsp3) is 0.200. The first-order valence-corrected chi connectivity index (χ1v) is 8.74. The molecule has 1 heterocycles. The van der Waals surface area contributed by atoms with Crippen LogP contribution in [-0.2, 0) is 6.42 Å². The average molecular weight is 363 g/mol. The standard InChI is InChI=1S/C20H21N5O2/c1-15(17-10-6-3-7-11-17)24-20-18(25(26)27)19(22-14-23-20)21-13-12-16-8-4-2-5-9-16/h2-11,14-15H,12-13H2,1H3,(H2,21,22,23,24). The molecule has 2 N–H and O–H groups in total. The number of nitro groups is 1. The lowest BCUT2D eigenvalue weighted by Gasteiger charge is -2.15. The van der Waals surface area contributed by atoms with Gasteiger partial charge in [-0.2, -0.15) is 0 Å². The van der Waals surface area contributed by atoms with Crippen LogP contribution in [0, 0.1) is 10.1 Å². The molecule has 0 aliphatic heterocycles. The second kappa shape index (κ2) is 8.75. The average Bonchev–Trinajstić information content (AvgIpc) is 2.69. The second-order valence-electron chi connectivity index (χ2n) is 6.12. The van der Waals surface area contributed by atoms with Crippen molar-refractivity contribution in [2.45, 2.75) is 19.4 Å². The number of rotatable bonds is 8. The Hall–Kier alpha value is -3.48. The van der Waals surface area contributed by atoms with Gasteiger partial charge in [-0.1, -0.05) is 60.7 Å². The van der Waals surface area contributed by atoms with Crippen molar-refractivity contribution in [3.05, 3.63) is 88.2 Å². The molecular weight excluding hydrogens is 342 g/mol. The lowest BCUT2D eigenvalue weighted by Crippen LogP contribution is -2.13. The number of hydrogen-bond acceptors (Lipinski definition) is 6. The maximum absolute atomic E-state index is 11.6. The van der Waals surface area contributed by atoms with Crippen LogP contribution in [0.2, 0.25) is 0 Å². The van der Waals surface area contributed by atoms with Crippen LogP contribution < -0.4 is 10.6 Å². The first-order valence-electron chi connectivity index (χ1n) is 8.74. The van der Waals surface area contributed by atoms with Crippen LogP contribution in [0.25, 0.3) is 0 Å². The first-order chi connectivity index (χ1) is 13.1. The van der Waals surface area contributed by atoms with Crippen molar-refractivity contribution in [1.82, 2.24) is 9.97 Å². The SMILES string of the molecule is CC(Nc1ncnc(NCCc2ccccc2)c1[N+](=O)[O-])c1ccccc1. The summed E-state index contributed by atoms with van der Waals surface area (Å²) < 4.78 is 0. The Morgan fingerprint density at radius 2 is 1.63 bits per heavy atom. The van der Waals surface area contributed by atoms with Gasteiger partial charge in [0.1, 0.15) is 6.33 Å². The molecular formula is C20H21N5O2. The van der Waals surface area contributed by atoms with E-state index < -0.39 is 4.92 Å². The summed E-state index contributed by atoms with van der Waals surface area (Å²) >= 11 is 0. The molecule has 2 aromatic carbocycles. The predicted octanol–water partition coefficient (Wildman–Crippen LogP) is 4.21. The zero-order chi connectivity index (χ0) is 19.1. The summed E-state index contributed by atoms with van der Waals surface area (Å²) in [5, 5.41) is 17.8. The molecule has 0 saturated heterocycles.